The van der Waals surface area contributed by atoms with Crippen molar-refractivity contribution in [1.29, 1.82) is 0 Å². The normalized spacial score (nSPS) is 12.7. The Morgan fingerprint density at radius 3 is 1.05 bits per heavy atom. The van der Waals surface area contributed by atoms with Gasteiger partial charge in [0.15, 0.2) is 0 Å². The fraction of sp³-hybridized carbons (Fsp3) is 0.0270. The average molecular weight is 1560 g/mol. The third-order valence-corrected chi connectivity index (χ3v) is 29.0. The molecule has 7 aromatic heterocycles. The van der Waals surface area contributed by atoms with E-state index in [9.17, 15) is 0 Å². The Kier molecular flexibility index (Phi) is 14.8. The second kappa shape index (κ2) is 25.9. The van der Waals surface area contributed by atoms with E-state index in [-0.39, 0.29) is 5.41 Å². The zero-order valence-electron chi connectivity index (χ0n) is 64.5. The molecule has 0 saturated carbocycles. The van der Waals surface area contributed by atoms with E-state index < -0.39 is 0 Å². The minimum Gasteiger partial charge on any atom is -0.309 e. The van der Waals surface area contributed by atoms with Crippen molar-refractivity contribution in [2.75, 3.05) is 0 Å². The number of nitrogens with zero attached hydrogens (tertiary/aromatic N) is 4. The molecule has 0 unspecified atom stereocenters. The van der Waals surface area contributed by atoms with E-state index in [1.807, 2.05) is 34.0 Å². The molecule has 25 aromatic rings. The molecule has 0 spiro atoms. The maximum atomic E-state index is 2.51. The monoisotopic (exact) mass is 1550 g/mol. The fourth-order valence-electron chi connectivity index (χ4n) is 20.1. The van der Waals surface area contributed by atoms with Crippen LogP contribution in [0.25, 0.3) is 226 Å². The summed E-state index contributed by atoms with van der Waals surface area (Å²) in [6.07, 6.45) is 0. The van der Waals surface area contributed by atoms with E-state index in [1.54, 1.807) is 0 Å². The van der Waals surface area contributed by atoms with Gasteiger partial charge < -0.3 is 18.3 Å². The Bertz CT molecular complexity index is 8540. The van der Waals surface area contributed by atoms with Gasteiger partial charge in [-0.2, -0.15) is 0 Å². The van der Waals surface area contributed by atoms with Gasteiger partial charge in [0.2, 0.25) is 0 Å². The Morgan fingerprint density at radius 2 is 0.534 bits per heavy atom. The van der Waals surface area contributed by atoms with E-state index in [1.165, 1.54) is 237 Å². The molecule has 552 valence electrons. The SMILES string of the molecule is CC1(C)c2ccccc2-c2ccc(-c3cc(-n4c5ccccc5c5c(-c6ccc7c8ccccc8n(-c8ccccc8)c7c6)cccc54)cc4c3sc3ccccc34)cc21.c1ccc(-n2c3ccccc3c3ccc(-c4cccc5c4c4ccccc4n5-c4cc(-c5ccc6sc7ccccc7c6c5)c5sc6ccccc6c5c4)cc32)cc1. The quantitative estimate of drug-likeness (QED) is 0.144. The summed E-state index contributed by atoms with van der Waals surface area (Å²) in [5.41, 5.74) is 29.7. The highest BCUT2D eigenvalue weighted by Crippen LogP contribution is 2.53. The average Bonchev–Trinajstić information content (AvgIpc) is 1.56. The lowest BCUT2D eigenvalue weighted by Gasteiger charge is -2.22. The molecule has 26 rings (SSSR count). The fourth-order valence-corrected chi connectivity index (χ4v) is 23.7. The molecule has 7 heterocycles. The minimum atomic E-state index is -0.0828. The molecule has 0 atom stereocenters. The molecule has 1 aliphatic carbocycles. The third kappa shape index (κ3) is 9.99. The zero-order chi connectivity index (χ0) is 77.6. The molecule has 0 N–H and O–H groups in total. The van der Waals surface area contributed by atoms with Gasteiger partial charge in [0.05, 0.1) is 44.1 Å². The van der Waals surface area contributed by atoms with Crippen molar-refractivity contribution in [1.82, 2.24) is 18.3 Å². The molecule has 0 bridgehead atoms. The van der Waals surface area contributed by atoms with Gasteiger partial charge in [-0.15, -0.1) is 34.0 Å². The summed E-state index contributed by atoms with van der Waals surface area (Å²) in [5, 5.41) is 17.9. The highest BCUT2D eigenvalue weighted by molar-refractivity contribution is 7.27. The maximum absolute atomic E-state index is 2.51. The van der Waals surface area contributed by atoms with Crippen LogP contribution in [0.2, 0.25) is 0 Å². The first-order valence-electron chi connectivity index (χ1n) is 40.6. The van der Waals surface area contributed by atoms with E-state index >= 15 is 0 Å². The Morgan fingerprint density at radius 1 is 0.186 bits per heavy atom. The van der Waals surface area contributed by atoms with Crippen LogP contribution in [0.5, 0.6) is 0 Å². The number of rotatable bonds is 8. The Labute approximate surface area is 691 Å². The number of para-hydroxylation sites is 6. The van der Waals surface area contributed by atoms with Crippen LogP contribution in [0.4, 0.5) is 0 Å². The summed E-state index contributed by atoms with van der Waals surface area (Å²) in [6.45, 7) is 4.75. The van der Waals surface area contributed by atoms with E-state index in [4.69, 9.17) is 0 Å². The second-order valence-electron chi connectivity index (χ2n) is 32.1. The molecule has 0 fully saturated rings. The van der Waals surface area contributed by atoms with Gasteiger partial charge in [0.1, 0.15) is 0 Å². The molecular weight excluding hydrogens is 1490 g/mol. The summed E-state index contributed by atoms with van der Waals surface area (Å²) in [6, 6.07) is 144. The van der Waals surface area contributed by atoms with Crippen LogP contribution in [0.1, 0.15) is 25.0 Å². The first-order chi connectivity index (χ1) is 58.3. The van der Waals surface area contributed by atoms with Crippen LogP contribution < -0.4 is 0 Å². The number of benzene rings is 18. The van der Waals surface area contributed by atoms with E-state index in [0.29, 0.717) is 0 Å². The van der Waals surface area contributed by atoms with Gasteiger partial charge in [0.25, 0.3) is 0 Å². The van der Waals surface area contributed by atoms with Crippen LogP contribution in [0, 0.1) is 0 Å². The molecule has 1 aliphatic rings. The lowest BCUT2D eigenvalue weighted by atomic mass is 9.81. The molecule has 0 radical (unpaired) electrons. The van der Waals surface area contributed by atoms with Crippen molar-refractivity contribution >= 4 is 182 Å². The van der Waals surface area contributed by atoms with Crippen LogP contribution in [-0.4, -0.2) is 18.3 Å². The predicted molar refractivity (Wildman–Crippen MR) is 508 cm³/mol. The summed E-state index contributed by atoms with van der Waals surface area (Å²) in [4.78, 5) is 0. The number of hydrogen-bond donors (Lipinski definition) is 0. The van der Waals surface area contributed by atoms with Crippen molar-refractivity contribution < 1.29 is 0 Å². The third-order valence-electron chi connectivity index (χ3n) is 25.4. The molecule has 0 saturated heterocycles. The van der Waals surface area contributed by atoms with Crippen molar-refractivity contribution in [3.05, 3.63) is 399 Å². The second-order valence-corrected chi connectivity index (χ2v) is 35.3. The molecule has 0 amide bonds. The zero-order valence-corrected chi connectivity index (χ0v) is 66.9. The van der Waals surface area contributed by atoms with Gasteiger partial charge >= 0.3 is 0 Å². The summed E-state index contributed by atoms with van der Waals surface area (Å²) < 4.78 is 17.8. The molecular formula is C111H70N4S3. The summed E-state index contributed by atoms with van der Waals surface area (Å²) >= 11 is 5.68. The topological polar surface area (TPSA) is 19.7 Å². The standard InChI is InChI=1S/C57H38N2S.C54H32N2S2/c1-57(2)48-22-10-6-17-40(48)41-29-27-35(31-49(41)57)46-33-38(34-47-44-19-9-13-26-54(44)60-56(46)47)59-51-24-12-8-20-45(51)55-39(21-14-25-52(55)59)36-28-30-43-42-18-7-11-23-50(42)58(53(43)32-36)37-15-4-3-5-16-37;1-2-13-35(14-3-1)55-46-20-8-4-15-38(46)39-27-25-34(30-49(39)55)37-19-12-22-48-53(37)42-18-5-9-21-47(42)56(48)36-31-43(54-45(32-36)41-17-7-11-24-51(41)58-54)33-26-28-52-44(29-33)40-16-6-10-23-50(40)57-52/h3-34H,1-2H3;1-32H. The number of aromatic nitrogens is 4. The highest BCUT2D eigenvalue weighted by Gasteiger charge is 2.36. The molecule has 4 nitrogen and oxygen atoms in total. The number of fused-ring (bicyclic) bond motifs is 24. The van der Waals surface area contributed by atoms with E-state index in [0.717, 1.165) is 0 Å². The number of hydrogen-bond acceptors (Lipinski definition) is 3. The lowest BCUT2D eigenvalue weighted by molar-refractivity contribution is 0.660. The van der Waals surface area contributed by atoms with E-state index in [2.05, 4.69) is 420 Å². The summed E-state index contributed by atoms with van der Waals surface area (Å²) in [5.74, 6) is 0. The largest absolute Gasteiger partial charge is 0.309 e. The molecule has 118 heavy (non-hydrogen) atoms. The minimum absolute atomic E-state index is 0.0828. The van der Waals surface area contributed by atoms with Crippen molar-refractivity contribution in [2.24, 2.45) is 0 Å². The lowest BCUT2D eigenvalue weighted by Crippen LogP contribution is -2.14. The van der Waals surface area contributed by atoms with Crippen LogP contribution >= 0.6 is 34.0 Å². The smallest absolute Gasteiger partial charge is 0.0547 e. The Balaban J connectivity index is 0.000000132. The van der Waals surface area contributed by atoms with Gasteiger partial charge in [-0.25, -0.2) is 0 Å². The van der Waals surface area contributed by atoms with Crippen molar-refractivity contribution in [2.45, 2.75) is 19.3 Å². The van der Waals surface area contributed by atoms with Gasteiger partial charge in [-0.3, -0.25) is 0 Å². The first-order valence-corrected chi connectivity index (χ1v) is 43.0. The highest BCUT2D eigenvalue weighted by atomic mass is 32.1. The molecule has 7 heteroatoms. The molecule has 18 aromatic carbocycles. The van der Waals surface area contributed by atoms with Crippen molar-refractivity contribution in [3.63, 3.8) is 0 Å². The first kappa shape index (κ1) is 67.2. The van der Waals surface area contributed by atoms with Crippen LogP contribution in [-0.2, 0) is 5.41 Å². The van der Waals surface area contributed by atoms with Crippen LogP contribution in [0.3, 0.4) is 0 Å². The van der Waals surface area contributed by atoms with Crippen LogP contribution in [0.15, 0.2) is 388 Å². The maximum Gasteiger partial charge on any atom is 0.0547 e. The summed E-state index contributed by atoms with van der Waals surface area (Å²) in [7, 11) is 0. The van der Waals surface area contributed by atoms with Gasteiger partial charge in [-0.1, -0.05) is 269 Å². The predicted octanol–water partition coefficient (Wildman–Crippen LogP) is 31.8. The number of thiophene rings is 3. The van der Waals surface area contributed by atoms with Gasteiger partial charge in [-0.05, 0) is 189 Å². The van der Waals surface area contributed by atoms with Gasteiger partial charge in [0, 0.05) is 143 Å². The Hall–Kier alpha value is -14.2. The van der Waals surface area contributed by atoms with Crippen molar-refractivity contribution in [3.8, 4) is 78.4 Å². The molecule has 0 aliphatic heterocycles.